The van der Waals surface area contributed by atoms with E-state index in [0.29, 0.717) is 12.1 Å². The maximum atomic E-state index is 12.5. The first-order chi connectivity index (χ1) is 7.64. The number of non-ortho nitro benzene ring substituents is 1. The van der Waals surface area contributed by atoms with Gasteiger partial charge in [0.25, 0.3) is 5.69 Å². The molecule has 1 aromatic rings. The molecule has 1 amide bonds. The fraction of sp³-hybridized carbons (Fsp3) is 0.125. The van der Waals surface area contributed by atoms with Crippen molar-refractivity contribution in [1.29, 1.82) is 0 Å². The minimum absolute atomic E-state index is 0.330. The number of nitrogens with two attached hydrogens (primary N) is 1. The topological polar surface area (TPSA) is 86.2 Å². The zero-order valence-corrected chi connectivity index (χ0v) is 9.50. The molecular weight excluding hydrogens is 309 g/mol. The number of hydrogen-bond acceptors (Lipinski definition) is 3. The van der Waals surface area contributed by atoms with Gasteiger partial charge in [0, 0.05) is 16.6 Å². The van der Waals surface area contributed by atoms with Crippen molar-refractivity contribution in [2.75, 3.05) is 0 Å². The first-order valence-corrected chi connectivity index (χ1v) is 4.79. The summed E-state index contributed by atoms with van der Waals surface area (Å²) in [6.07, 6.45) is -4.82. The standard InChI is InChI=1S/C8H4BrF3N2O3/c9-6-4(7(13)15)1-3(14(16)17)2-5(6)8(10,11)12/h1-2H,(H2,13,15). The third kappa shape index (κ3) is 2.73. The molecule has 1 aromatic carbocycles. The van der Waals surface area contributed by atoms with Crippen molar-refractivity contribution >= 4 is 27.5 Å². The van der Waals surface area contributed by atoms with E-state index in [1.807, 2.05) is 0 Å². The number of alkyl halides is 3. The molecule has 1 rings (SSSR count). The van der Waals surface area contributed by atoms with Gasteiger partial charge in [-0.3, -0.25) is 14.9 Å². The third-order valence-corrected chi connectivity index (χ3v) is 2.69. The highest BCUT2D eigenvalue weighted by Crippen LogP contribution is 2.38. The van der Waals surface area contributed by atoms with Crippen LogP contribution in [0.5, 0.6) is 0 Å². The van der Waals surface area contributed by atoms with Crippen molar-refractivity contribution in [3.63, 3.8) is 0 Å². The molecule has 0 heterocycles. The van der Waals surface area contributed by atoms with E-state index in [9.17, 15) is 28.1 Å². The minimum atomic E-state index is -4.82. The van der Waals surface area contributed by atoms with E-state index in [-0.39, 0.29) is 0 Å². The molecular formula is C8H4BrF3N2O3. The van der Waals surface area contributed by atoms with Gasteiger partial charge in [-0.05, 0) is 15.9 Å². The van der Waals surface area contributed by atoms with Gasteiger partial charge in [0.15, 0.2) is 0 Å². The number of rotatable bonds is 2. The number of carbonyl (C=O) groups excluding carboxylic acids is 1. The fourth-order valence-corrected chi connectivity index (χ4v) is 1.75. The van der Waals surface area contributed by atoms with E-state index in [1.165, 1.54) is 0 Å². The van der Waals surface area contributed by atoms with Gasteiger partial charge in [0.05, 0.1) is 16.1 Å². The normalized spacial score (nSPS) is 11.3. The van der Waals surface area contributed by atoms with E-state index in [0.717, 1.165) is 0 Å². The Morgan fingerprint density at radius 1 is 1.41 bits per heavy atom. The Morgan fingerprint density at radius 2 is 1.94 bits per heavy atom. The lowest BCUT2D eigenvalue weighted by Crippen LogP contribution is -2.16. The molecule has 0 fully saturated rings. The van der Waals surface area contributed by atoms with Crippen molar-refractivity contribution in [1.82, 2.24) is 0 Å². The molecule has 0 saturated carbocycles. The number of hydrogen-bond donors (Lipinski definition) is 1. The van der Waals surface area contributed by atoms with E-state index in [4.69, 9.17) is 5.73 Å². The first-order valence-electron chi connectivity index (χ1n) is 3.99. The summed E-state index contributed by atoms with van der Waals surface area (Å²) in [5.41, 5.74) is 2.07. The predicted molar refractivity (Wildman–Crippen MR) is 54.3 cm³/mol. The number of primary amides is 1. The Balaban J connectivity index is 3.60. The molecule has 0 aromatic heterocycles. The number of amides is 1. The van der Waals surface area contributed by atoms with Gasteiger partial charge in [-0.25, -0.2) is 0 Å². The van der Waals surface area contributed by atoms with Gasteiger partial charge < -0.3 is 5.73 Å². The molecule has 0 aliphatic rings. The van der Waals surface area contributed by atoms with Crippen molar-refractivity contribution < 1.29 is 22.9 Å². The molecule has 92 valence electrons. The molecule has 0 bridgehead atoms. The lowest BCUT2D eigenvalue weighted by atomic mass is 10.1. The number of nitro groups is 1. The minimum Gasteiger partial charge on any atom is -0.366 e. The predicted octanol–water partition coefficient (Wildman–Crippen LogP) is 2.48. The molecule has 0 saturated heterocycles. The summed E-state index contributed by atoms with van der Waals surface area (Å²) in [5, 5.41) is 10.4. The molecule has 0 aliphatic carbocycles. The first kappa shape index (κ1) is 13.4. The highest BCUT2D eigenvalue weighted by Gasteiger charge is 2.36. The maximum Gasteiger partial charge on any atom is 0.417 e. The highest BCUT2D eigenvalue weighted by molar-refractivity contribution is 9.10. The molecule has 2 N–H and O–H groups in total. The number of carbonyl (C=O) groups is 1. The Bertz CT molecular complexity index is 502. The van der Waals surface area contributed by atoms with Crippen LogP contribution >= 0.6 is 15.9 Å². The Kier molecular flexibility index (Phi) is 3.41. The summed E-state index contributed by atoms with van der Waals surface area (Å²) < 4.78 is 37.0. The second-order valence-electron chi connectivity index (χ2n) is 2.97. The second kappa shape index (κ2) is 4.32. The summed E-state index contributed by atoms with van der Waals surface area (Å²) in [4.78, 5) is 20.3. The molecule has 0 aliphatic heterocycles. The summed E-state index contributed by atoms with van der Waals surface area (Å²) in [6.45, 7) is 0. The Morgan fingerprint density at radius 3 is 2.29 bits per heavy atom. The van der Waals surface area contributed by atoms with Gasteiger partial charge in [-0.15, -0.1) is 0 Å². The molecule has 5 nitrogen and oxygen atoms in total. The van der Waals surface area contributed by atoms with Crippen molar-refractivity contribution in [2.45, 2.75) is 6.18 Å². The van der Waals surface area contributed by atoms with Crippen LogP contribution in [-0.2, 0) is 6.18 Å². The number of nitro benzene ring substituents is 1. The van der Waals surface area contributed by atoms with E-state index < -0.39 is 38.3 Å². The zero-order valence-electron chi connectivity index (χ0n) is 7.92. The second-order valence-corrected chi connectivity index (χ2v) is 3.77. The van der Waals surface area contributed by atoms with Crippen molar-refractivity contribution in [3.8, 4) is 0 Å². The monoisotopic (exact) mass is 312 g/mol. The fourth-order valence-electron chi connectivity index (χ4n) is 1.10. The molecule has 9 heteroatoms. The molecule has 0 unspecified atom stereocenters. The molecule has 0 radical (unpaired) electrons. The van der Waals surface area contributed by atoms with E-state index in [1.54, 1.807) is 0 Å². The SMILES string of the molecule is NC(=O)c1cc([N+](=O)[O-])cc(C(F)(F)F)c1Br. The number of nitrogens with zero attached hydrogens (tertiary/aromatic N) is 1. The van der Waals surface area contributed by atoms with Crippen LogP contribution in [0.1, 0.15) is 15.9 Å². The largest absolute Gasteiger partial charge is 0.417 e. The lowest BCUT2D eigenvalue weighted by molar-refractivity contribution is -0.385. The average Bonchev–Trinajstić information content (AvgIpc) is 2.15. The van der Waals surface area contributed by atoms with Crippen LogP contribution in [0, 0.1) is 10.1 Å². The zero-order chi connectivity index (χ0) is 13.4. The summed E-state index contributed by atoms with van der Waals surface area (Å²) in [7, 11) is 0. The van der Waals surface area contributed by atoms with Crippen LogP contribution in [0.3, 0.4) is 0 Å². The summed E-state index contributed by atoms with van der Waals surface area (Å²) >= 11 is 2.56. The van der Waals surface area contributed by atoms with Crippen LogP contribution in [0.15, 0.2) is 16.6 Å². The Labute approximate surface area is 101 Å². The average molecular weight is 313 g/mol. The van der Waals surface area contributed by atoms with Gasteiger partial charge >= 0.3 is 6.18 Å². The smallest absolute Gasteiger partial charge is 0.366 e. The van der Waals surface area contributed by atoms with E-state index in [2.05, 4.69) is 15.9 Å². The lowest BCUT2D eigenvalue weighted by Gasteiger charge is -2.11. The van der Waals surface area contributed by atoms with Gasteiger partial charge in [-0.1, -0.05) is 0 Å². The van der Waals surface area contributed by atoms with Gasteiger partial charge in [-0.2, -0.15) is 13.2 Å². The van der Waals surface area contributed by atoms with Gasteiger partial charge in [0.2, 0.25) is 5.91 Å². The molecule has 0 atom stereocenters. The highest BCUT2D eigenvalue weighted by atomic mass is 79.9. The van der Waals surface area contributed by atoms with Crippen LogP contribution in [0.25, 0.3) is 0 Å². The third-order valence-electron chi connectivity index (χ3n) is 1.84. The van der Waals surface area contributed by atoms with Crippen LogP contribution in [-0.4, -0.2) is 10.8 Å². The van der Waals surface area contributed by atoms with Crippen molar-refractivity contribution in [2.24, 2.45) is 5.73 Å². The summed E-state index contributed by atoms with van der Waals surface area (Å²) in [5.74, 6) is -1.19. The Hall–Kier alpha value is -1.64. The van der Waals surface area contributed by atoms with Crippen molar-refractivity contribution in [3.05, 3.63) is 37.8 Å². The molecule has 0 spiro atoms. The number of benzene rings is 1. The van der Waals surface area contributed by atoms with Crippen LogP contribution in [0.4, 0.5) is 18.9 Å². The van der Waals surface area contributed by atoms with Crippen LogP contribution in [0.2, 0.25) is 0 Å². The van der Waals surface area contributed by atoms with Gasteiger partial charge in [0.1, 0.15) is 0 Å². The maximum absolute atomic E-state index is 12.5. The van der Waals surface area contributed by atoms with E-state index >= 15 is 0 Å². The summed E-state index contributed by atoms with van der Waals surface area (Å²) in [6, 6.07) is 1.01. The van der Waals surface area contributed by atoms with Crippen LogP contribution < -0.4 is 5.73 Å². The quantitative estimate of drug-likeness (QED) is 0.672. The molecule has 17 heavy (non-hydrogen) atoms. The number of halogens is 4.